The Morgan fingerprint density at radius 3 is 2.38 bits per heavy atom. The van der Waals surface area contributed by atoms with Crippen molar-refractivity contribution in [3.8, 4) is 0 Å². The van der Waals surface area contributed by atoms with E-state index >= 15 is 0 Å². The molecule has 0 aliphatic carbocycles. The van der Waals surface area contributed by atoms with Crippen LogP contribution in [0.25, 0.3) is 0 Å². The van der Waals surface area contributed by atoms with Gasteiger partial charge in [-0.2, -0.15) is 0 Å². The summed E-state index contributed by atoms with van der Waals surface area (Å²) in [6.07, 6.45) is 2.60. The molecule has 1 aliphatic rings. The summed E-state index contributed by atoms with van der Waals surface area (Å²) in [6, 6.07) is 16.9. The molecule has 0 unspecified atom stereocenters. The van der Waals surface area contributed by atoms with Crippen molar-refractivity contribution in [1.82, 2.24) is 0 Å². The summed E-state index contributed by atoms with van der Waals surface area (Å²) < 4.78 is 0. The number of aliphatic imine (C=N–C) groups is 1. The van der Waals surface area contributed by atoms with Crippen LogP contribution >= 0.6 is 0 Å². The highest BCUT2D eigenvalue weighted by molar-refractivity contribution is 6.43. The van der Waals surface area contributed by atoms with E-state index in [4.69, 9.17) is 0 Å². The predicted octanol–water partition coefficient (Wildman–Crippen LogP) is 3.96. The molecular weight excluding hydrogens is 326 g/mol. The van der Waals surface area contributed by atoms with Crippen LogP contribution in [0.3, 0.4) is 0 Å². The SMILES string of the molecule is CC(=Nc1ccccc1)C(=O)N(C)c1ccc(N2CCCCC2=O)cc1. The lowest BCUT2D eigenvalue weighted by atomic mass is 10.1. The molecule has 0 atom stereocenters. The third-order valence-electron chi connectivity index (χ3n) is 4.54. The first kappa shape index (κ1) is 17.9. The second-order valence-electron chi connectivity index (χ2n) is 6.42. The summed E-state index contributed by atoms with van der Waals surface area (Å²) in [4.78, 5) is 32.4. The Bertz CT molecular complexity index is 813. The van der Waals surface area contributed by atoms with Crippen molar-refractivity contribution in [2.45, 2.75) is 26.2 Å². The molecular formula is C21H23N3O2. The fraction of sp³-hybridized carbons (Fsp3) is 0.286. The van der Waals surface area contributed by atoms with Crippen LogP contribution in [0.5, 0.6) is 0 Å². The first-order valence-corrected chi connectivity index (χ1v) is 8.85. The standard InChI is InChI=1S/C21H23N3O2/c1-16(22-17-8-4-3-5-9-17)21(26)23(2)18-11-13-19(14-12-18)24-15-7-6-10-20(24)25/h3-5,8-9,11-14H,6-7,10,15H2,1-2H3. The Balaban J connectivity index is 1.73. The van der Waals surface area contributed by atoms with Crippen molar-refractivity contribution in [1.29, 1.82) is 0 Å². The van der Waals surface area contributed by atoms with E-state index in [1.165, 1.54) is 0 Å². The van der Waals surface area contributed by atoms with Gasteiger partial charge in [0.1, 0.15) is 5.71 Å². The lowest BCUT2D eigenvalue weighted by molar-refractivity contribution is -0.119. The average molecular weight is 349 g/mol. The van der Waals surface area contributed by atoms with Gasteiger partial charge < -0.3 is 9.80 Å². The minimum Gasteiger partial charge on any atom is -0.312 e. The molecule has 0 spiro atoms. The minimum atomic E-state index is -0.157. The predicted molar refractivity (Wildman–Crippen MR) is 105 cm³/mol. The Morgan fingerprint density at radius 1 is 1.04 bits per heavy atom. The second kappa shape index (κ2) is 7.95. The van der Waals surface area contributed by atoms with Crippen molar-refractivity contribution < 1.29 is 9.59 Å². The number of anilines is 2. The van der Waals surface area contributed by atoms with Gasteiger partial charge in [0.2, 0.25) is 5.91 Å². The molecule has 2 amide bonds. The average Bonchev–Trinajstić information content (AvgIpc) is 2.68. The highest BCUT2D eigenvalue weighted by atomic mass is 16.2. The van der Waals surface area contributed by atoms with E-state index in [1.807, 2.05) is 59.5 Å². The van der Waals surface area contributed by atoms with Crippen molar-refractivity contribution in [3.63, 3.8) is 0 Å². The Labute approximate surface area is 154 Å². The fourth-order valence-electron chi connectivity index (χ4n) is 3.04. The number of hydrogen-bond acceptors (Lipinski definition) is 3. The summed E-state index contributed by atoms with van der Waals surface area (Å²) in [6.45, 7) is 2.47. The summed E-state index contributed by atoms with van der Waals surface area (Å²) in [5.41, 5.74) is 2.83. The highest BCUT2D eigenvalue weighted by Gasteiger charge is 2.20. The molecule has 2 aromatic rings. The number of benzene rings is 2. The van der Waals surface area contributed by atoms with Crippen LogP contribution in [-0.2, 0) is 9.59 Å². The molecule has 5 heteroatoms. The van der Waals surface area contributed by atoms with Gasteiger partial charge in [-0.3, -0.25) is 9.59 Å². The summed E-state index contributed by atoms with van der Waals surface area (Å²) in [5, 5.41) is 0. The summed E-state index contributed by atoms with van der Waals surface area (Å²) in [5.74, 6) is 0.00919. The quantitative estimate of drug-likeness (QED) is 0.785. The summed E-state index contributed by atoms with van der Waals surface area (Å²) in [7, 11) is 1.73. The third kappa shape index (κ3) is 3.99. The van der Waals surface area contributed by atoms with Gasteiger partial charge in [0.05, 0.1) is 5.69 Å². The van der Waals surface area contributed by atoms with Crippen LogP contribution in [-0.4, -0.2) is 31.1 Å². The molecule has 1 fully saturated rings. The lowest BCUT2D eigenvalue weighted by Gasteiger charge is -2.27. The fourth-order valence-corrected chi connectivity index (χ4v) is 3.04. The van der Waals surface area contributed by atoms with Crippen molar-refractivity contribution in [2.24, 2.45) is 4.99 Å². The monoisotopic (exact) mass is 349 g/mol. The summed E-state index contributed by atoms with van der Waals surface area (Å²) >= 11 is 0. The number of carbonyl (C=O) groups is 2. The number of para-hydroxylation sites is 1. The first-order valence-electron chi connectivity index (χ1n) is 8.85. The largest absolute Gasteiger partial charge is 0.312 e. The van der Waals surface area contributed by atoms with Gasteiger partial charge >= 0.3 is 0 Å². The maximum Gasteiger partial charge on any atom is 0.272 e. The normalized spacial score (nSPS) is 15.1. The Morgan fingerprint density at radius 2 is 1.73 bits per heavy atom. The molecule has 1 heterocycles. The highest BCUT2D eigenvalue weighted by Crippen LogP contribution is 2.24. The van der Waals surface area contributed by atoms with Crippen LogP contribution in [0, 0.1) is 0 Å². The van der Waals surface area contributed by atoms with Crippen LogP contribution in [0.15, 0.2) is 59.6 Å². The van der Waals surface area contributed by atoms with Crippen molar-refractivity contribution >= 4 is 34.6 Å². The van der Waals surface area contributed by atoms with Gasteiger partial charge in [0.15, 0.2) is 0 Å². The van der Waals surface area contributed by atoms with E-state index < -0.39 is 0 Å². The van der Waals surface area contributed by atoms with Crippen molar-refractivity contribution in [3.05, 3.63) is 54.6 Å². The molecule has 5 nitrogen and oxygen atoms in total. The number of carbonyl (C=O) groups excluding carboxylic acids is 2. The van der Waals surface area contributed by atoms with E-state index in [2.05, 4.69) is 4.99 Å². The van der Waals surface area contributed by atoms with E-state index in [0.717, 1.165) is 36.4 Å². The third-order valence-corrected chi connectivity index (χ3v) is 4.54. The van der Waals surface area contributed by atoms with E-state index in [9.17, 15) is 9.59 Å². The van der Waals surface area contributed by atoms with E-state index in [-0.39, 0.29) is 11.8 Å². The number of hydrogen-bond donors (Lipinski definition) is 0. The molecule has 0 N–H and O–H groups in total. The molecule has 0 aromatic heterocycles. The zero-order valence-corrected chi connectivity index (χ0v) is 15.2. The zero-order valence-electron chi connectivity index (χ0n) is 15.2. The van der Waals surface area contributed by atoms with Crippen LogP contribution < -0.4 is 9.80 Å². The molecule has 1 saturated heterocycles. The number of amides is 2. The molecule has 134 valence electrons. The maximum atomic E-state index is 12.6. The van der Waals surface area contributed by atoms with Crippen LogP contribution in [0.4, 0.5) is 17.1 Å². The lowest BCUT2D eigenvalue weighted by Crippen LogP contribution is -2.35. The Kier molecular flexibility index (Phi) is 5.46. The molecule has 3 rings (SSSR count). The Hall–Kier alpha value is -2.95. The smallest absolute Gasteiger partial charge is 0.272 e. The molecule has 26 heavy (non-hydrogen) atoms. The molecule has 0 radical (unpaired) electrons. The number of nitrogens with zero attached hydrogens (tertiary/aromatic N) is 3. The topological polar surface area (TPSA) is 53.0 Å². The van der Waals surface area contributed by atoms with Gasteiger partial charge in [0.25, 0.3) is 5.91 Å². The van der Waals surface area contributed by atoms with Gasteiger partial charge in [-0.05, 0) is 56.2 Å². The van der Waals surface area contributed by atoms with Crippen molar-refractivity contribution in [2.75, 3.05) is 23.4 Å². The second-order valence-corrected chi connectivity index (χ2v) is 6.42. The van der Waals surface area contributed by atoms with Crippen LogP contribution in [0.1, 0.15) is 26.2 Å². The van der Waals surface area contributed by atoms with E-state index in [1.54, 1.807) is 18.9 Å². The molecule has 2 aromatic carbocycles. The maximum absolute atomic E-state index is 12.6. The zero-order chi connectivity index (χ0) is 18.5. The minimum absolute atomic E-state index is 0.157. The van der Waals surface area contributed by atoms with Gasteiger partial charge in [-0.15, -0.1) is 0 Å². The van der Waals surface area contributed by atoms with Gasteiger partial charge in [-0.1, -0.05) is 18.2 Å². The van der Waals surface area contributed by atoms with E-state index in [0.29, 0.717) is 12.1 Å². The van der Waals surface area contributed by atoms with Gasteiger partial charge in [-0.25, -0.2) is 4.99 Å². The van der Waals surface area contributed by atoms with Gasteiger partial charge in [0, 0.05) is 31.4 Å². The molecule has 0 bridgehead atoms. The molecule has 0 saturated carbocycles. The van der Waals surface area contributed by atoms with Crippen LogP contribution in [0.2, 0.25) is 0 Å². The molecule has 1 aliphatic heterocycles. The first-order chi connectivity index (χ1) is 12.6. The number of rotatable bonds is 4. The number of piperidine rings is 1.